The molecule has 158 valence electrons. The zero-order chi connectivity index (χ0) is 21.6. The van der Waals surface area contributed by atoms with Crippen molar-refractivity contribution < 1.29 is 32.7 Å². The Morgan fingerprint density at radius 2 is 2.03 bits per heavy atom. The number of halogens is 2. The van der Waals surface area contributed by atoms with Gasteiger partial charge in [-0.3, -0.25) is 14.4 Å². The minimum Gasteiger partial charge on any atom is -0.370 e. The number of ether oxygens (including phenoxy) is 1. The predicted molar refractivity (Wildman–Crippen MR) is 98.4 cm³/mol. The molecule has 1 aromatic rings. The molecule has 1 fully saturated rings. The Balaban J connectivity index is 2.24. The van der Waals surface area contributed by atoms with Crippen molar-refractivity contribution in [2.75, 3.05) is 36.5 Å². The summed E-state index contributed by atoms with van der Waals surface area (Å²) in [6.45, 7) is 2.16. The van der Waals surface area contributed by atoms with E-state index in [-0.39, 0.29) is 43.6 Å². The molecule has 0 radical (unpaired) electrons. The molecule has 1 aromatic carbocycles. The smallest absolute Gasteiger partial charge is 0.315 e. The Hall–Kier alpha value is -3.28. The summed E-state index contributed by atoms with van der Waals surface area (Å²) >= 11 is 0. The zero-order valence-corrected chi connectivity index (χ0v) is 15.5. The van der Waals surface area contributed by atoms with Crippen molar-refractivity contribution in [3.63, 3.8) is 0 Å². The van der Waals surface area contributed by atoms with Crippen LogP contribution in [0.15, 0.2) is 18.2 Å². The van der Waals surface area contributed by atoms with Crippen LogP contribution in [0.2, 0.25) is 0 Å². The third kappa shape index (κ3) is 5.60. The molecule has 10 nitrogen and oxygen atoms in total. The molecule has 1 aliphatic rings. The average Bonchev–Trinajstić information content (AvgIpc) is 2.66. The molecule has 1 saturated heterocycles. The van der Waals surface area contributed by atoms with Crippen LogP contribution in [0.25, 0.3) is 0 Å². The van der Waals surface area contributed by atoms with Gasteiger partial charge in [0.25, 0.3) is 18.2 Å². The number of nitrogens with zero attached hydrogens (tertiary/aromatic N) is 1. The monoisotopic (exact) mass is 413 g/mol. The third-order valence-electron chi connectivity index (χ3n) is 3.99. The lowest BCUT2D eigenvalue weighted by Crippen LogP contribution is -2.54. The van der Waals surface area contributed by atoms with Crippen molar-refractivity contribution in [1.82, 2.24) is 10.6 Å². The highest BCUT2D eigenvalue weighted by Gasteiger charge is 2.28. The van der Waals surface area contributed by atoms with Gasteiger partial charge in [-0.1, -0.05) is 0 Å². The van der Waals surface area contributed by atoms with Crippen LogP contribution in [0.3, 0.4) is 0 Å². The predicted octanol–water partition coefficient (Wildman–Crippen LogP) is 0.0989. The van der Waals surface area contributed by atoms with Crippen molar-refractivity contribution >= 4 is 35.1 Å². The largest absolute Gasteiger partial charge is 0.370 e. The highest BCUT2D eigenvalue weighted by atomic mass is 19.3. The number of urea groups is 1. The number of hydrogen-bond acceptors (Lipinski definition) is 5. The Bertz CT molecular complexity index is 804. The molecular weight excluding hydrogens is 392 g/mol. The summed E-state index contributed by atoms with van der Waals surface area (Å²) in [5.74, 6) is -2.63. The number of benzene rings is 1. The van der Waals surface area contributed by atoms with Crippen molar-refractivity contribution in [3.8, 4) is 0 Å². The Kier molecular flexibility index (Phi) is 7.42. The second-order valence-corrected chi connectivity index (χ2v) is 6.00. The summed E-state index contributed by atoms with van der Waals surface area (Å²) in [5.41, 5.74) is 4.51. The molecule has 1 heterocycles. The van der Waals surface area contributed by atoms with E-state index in [0.29, 0.717) is 0 Å². The number of amides is 5. The SMILES string of the molecule is CCNC(=O)N[C@@H](C(N)=O)C(=O)Nc1ccc(N2CCOCC2=O)cc1C(F)F. The number of carbonyl (C=O) groups excluding carboxylic acids is 4. The van der Waals surface area contributed by atoms with Gasteiger partial charge in [0.2, 0.25) is 5.91 Å². The lowest BCUT2D eigenvalue weighted by Gasteiger charge is -2.27. The van der Waals surface area contributed by atoms with Gasteiger partial charge in [0.05, 0.1) is 6.61 Å². The number of alkyl halides is 2. The minimum atomic E-state index is -2.98. The molecule has 0 bridgehead atoms. The number of anilines is 2. The molecule has 5 amide bonds. The van der Waals surface area contributed by atoms with Crippen LogP contribution in [0.1, 0.15) is 18.9 Å². The van der Waals surface area contributed by atoms with E-state index in [1.807, 2.05) is 0 Å². The van der Waals surface area contributed by atoms with Gasteiger partial charge >= 0.3 is 6.03 Å². The molecule has 0 saturated carbocycles. The fourth-order valence-corrected chi connectivity index (χ4v) is 2.62. The fourth-order valence-electron chi connectivity index (χ4n) is 2.62. The van der Waals surface area contributed by atoms with Gasteiger partial charge in [0, 0.05) is 30.0 Å². The normalized spacial score (nSPS) is 15.0. The van der Waals surface area contributed by atoms with Gasteiger partial charge in [-0.05, 0) is 25.1 Å². The van der Waals surface area contributed by atoms with E-state index in [1.165, 1.54) is 17.0 Å². The van der Waals surface area contributed by atoms with Gasteiger partial charge in [-0.25, -0.2) is 13.6 Å². The van der Waals surface area contributed by atoms with E-state index in [0.717, 1.165) is 6.07 Å². The number of morpholine rings is 1. The first-order chi connectivity index (χ1) is 13.7. The van der Waals surface area contributed by atoms with Crippen LogP contribution in [-0.2, 0) is 19.1 Å². The molecule has 2 rings (SSSR count). The van der Waals surface area contributed by atoms with E-state index in [1.54, 1.807) is 6.92 Å². The lowest BCUT2D eigenvalue weighted by molar-refractivity contribution is -0.128. The highest BCUT2D eigenvalue weighted by molar-refractivity contribution is 6.11. The first-order valence-corrected chi connectivity index (χ1v) is 8.69. The fraction of sp³-hybridized carbons (Fsp3) is 0.412. The van der Waals surface area contributed by atoms with Crippen LogP contribution in [0, 0.1) is 0 Å². The summed E-state index contributed by atoms with van der Waals surface area (Å²) in [5, 5.41) is 6.56. The van der Waals surface area contributed by atoms with E-state index in [9.17, 15) is 28.0 Å². The molecule has 12 heteroatoms. The Morgan fingerprint density at radius 3 is 2.62 bits per heavy atom. The number of nitrogens with one attached hydrogen (secondary N) is 3. The Labute approximate surface area is 164 Å². The number of hydrogen-bond donors (Lipinski definition) is 4. The third-order valence-corrected chi connectivity index (χ3v) is 3.99. The van der Waals surface area contributed by atoms with Gasteiger partial charge < -0.3 is 31.3 Å². The van der Waals surface area contributed by atoms with Gasteiger partial charge in [-0.15, -0.1) is 0 Å². The van der Waals surface area contributed by atoms with Crippen LogP contribution in [0.5, 0.6) is 0 Å². The second-order valence-electron chi connectivity index (χ2n) is 6.00. The molecule has 0 spiro atoms. The van der Waals surface area contributed by atoms with Crippen LogP contribution < -0.4 is 26.6 Å². The molecule has 29 heavy (non-hydrogen) atoms. The number of rotatable bonds is 7. The quantitative estimate of drug-likeness (QED) is 0.469. The van der Waals surface area contributed by atoms with E-state index < -0.39 is 35.9 Å². The molecule has 5 N–H and O–H groups in total. The van der Waals surface area contributed by atoms with Gasteiger partial charge in [0.15, 0.2) is 6.04 Å². The van der Waals surface area contributed by atoms with Crippen molar-refractivity contribution in [2.45, 2.75) is 19.4 Å². The van der Waals surface area contributed by atoms with Crippen molar-refractivity contribution in [1.29, 1.82) is 0 Å². The minimum absolute atomic E-state index is 0.158. The molecular formula is C17H21F2N5O5. The molecule has 1 atom stereocenters. The number of carbonyl (C=O) groups is 4. The lowest BCUT2D eigenvalue weighted by atomic mass is 10.1. The topological polar surface area (TPSA) is 143 Å². The maximum absolute atomic E-state index is 13.5. The second kappa shape index (κ2) is 9.78. The first kappa shape index (κ1) is 22.0. The standard InChI is InChI=1S/C17H21F2N5O5/c1-2-21-17(28)23-13(15(20)26)16(27)22-11-4-3-9(7-10(11)14(18)19)24-5-6-29-8-12(24)25/h3-4,7,13-14H,2,5-6,8H2,1H3,(H2,20,26)(H,22,27)(H2,21,23,28)/t13-/m0/s1. The van der Waals surface area contributed by atoms with E-state index in [4.69, 9.17) is 10.5 Å². The average molecular weight is 413 g/mol. The summed E-state index contributed by atoms with van der Waals surface area (Å²) in [6.07, 6.45) is -2.98. The summed E-state index contributed by atoms with van der Waals surface area (Å²) in [4.78, 5) is 48.6. The van der Waals surface area contributed by atoms with Gasteiger partial charge in [-0.2, -0.15) is 0 Å². The molecule has 0 unspecified atom stereocenters. The first-order valence-electron chi connectivity index (χ1n) is 8.69. The van der Waals surface area contributed by atoms with Crippen molar-refractivity contribution in [3.05, 3.63) is 23.8 Å². The number of nitrogens with two attached hydrogens (primary N) is 1. The highest BCUT2D eigenvalue weighted by Crippen LogP contribution is 2.32. The van der Waals surface area contributed by atoms with Crippen LogP contribution >= 0.6 is 0 Å². The van der Waals surface area contributed by atoms with E-state index >= 15 is 0 Å². The summed E-state index contributed by atoms with van der Waals surface area (Å²) in [6, 6.07) is 1.04. The maximum Gasteiger partial charge on any atom is 0.315 e. The summed E-state index contributed by atoms with van der Waals surface area (Å²) < 4.78 is 32.1. The molecule has 1 aliphatic heterocycles. The molecule has 0 aliphatic carbocycles. The maximum atomic E-state index is 13.5. The molecule has 0 aromatic heterocycles. The van der Waals surface area contributed by atoms with Crippen LogP contribution in [0.4, 0.5) is 25.0 Å². The van der Waals surface area contributed by atoms with Crippen LogP contribution in [-0.4, -0.2) is 56.1 Å². The van der Waals surface area contributed by atoms with Gasteiger partial charge in [0.1, 0.15) is 6.61 Å². The summed E-state index contributed by atoms with van der Waals surface area (Å²) in [7, 11) is 0. The van der Waals surface area contributed by atoms with Crippen molar-refractivity contribution in [2.24, 2.45) is 5.73 Å². The van der Waals surface area contributed by atoms with E-state index in [2.05, 4.69) is 16.0 Å². The zero-order valence-electron chi connectivity index (χ0n) is 15.5. The Morgan fingerprint density at radius 1 is 1.31 bits per heavy atom. The number of primary amides is 1.